The lowest BCUT2D eigenvalue weighted by atomic mass is 9.97. The van der Waals surface area contributed by atoms with Gasteiger partial charge < -0.3 is 15.1 Å². The molecule has 0 spiro atoms. The van der Waals surface area contributed by atoms with E-state index in [0.717, 1.165) is 68.1 Å². The van der Waals surface area contributed by atoms with Gasteiger partial charge in [-0.15, -0.1) is 0 Å². The number of benzene rings is 6. The first-order chi connectivity index (χ1) is 22.3. The molecule has 5 heteroatoms. The minimum atomic E-state index is -0.411. The maximum absolute atomic E-state index is 6.38. The summed E-state index contributed by atoms with van der Waals surface area (Å²) in [5.74, 6) is 1.56. The summed E-state index contributed by atoms with van der Waals surface area (Å²) >= 11 is 0. The molecule has 0 saturated carbocycles. The van der Waals surface area contributed by atoms with Gasteiger partial charge in [-0.3, -0.25) is 0 Å². The average Bonchev–Trinajstić information content (AvgIpc) is 3.48. The Balaban J connectivity index is 1.17. The number of amidine groups is 2. The fourth-order valence-corrected chi connectivity index (χ4v) is 6.52. The van der Waals surface area contributed by atoms with Gasteiger partial charge in [0.2, 0.25) is 0 Å². The number of furan rings is 1. The van der Waals surface area contributed by atoms with Crippen LogP contribution in [0, 0.1) is 0 Å². The van der Waals surface area contributed by atoms with Crippen LogP contribution in [0.3, 0.4) is 0 Å². The number of fused-ring (bicyclic) bond motifs is 5. The van der Waals surface area contributed by atoms with Crippen molar-refractivity contribution in [2.24, 2.45) is 9.98 Å². The minimum Gasteiger partial charge on any atom is -0.456 e. The van der Waals surface area contributed by atoms with Crippen molar-refractivity contribution >= 4 is 56.1 Å². The molecule has 0 radical (unpaired) electrons. The van der Waals surface area contributed by atoms with E-state index in [-0.39, 0.29) is 0 Å². The SMILES string of the molecule is C1=Cc2cc3c(cc2NC1)oc1cccc(C2=NC(c4ccc(-c5cccc6ccccc56)cc4)N=C(c4ccccc4)N2)c13. The van der Waals surface area contributed by atoms with Crippen molar-refractivity contribution in [3.63, 3.8) is 0 Å². The van der Waals surface area contributed by atoms with Gasteiger partial charge in [0.1, 0.15) is 22.8 Å². The van der Waals surface area contributed by atoms with Gasteiger partial charge in [0.25, 0.3) is 0 Å². The molecule has 0 amide bonds. The first-order valence-electron chi connectivity index (χ1n) is 15.2. The van der Waals surface area contributed by atoms with Gasteiger partial charge in [0.15, 0.2) is 6.17 Å². The predicted octanol–water partition coefficient (Wildman–Crippen LogP) is 9.34. The van der Waals surface area contributed by atoms with Crippen LogP contribution in [0.1, 0.15) is 28.4 Å². The Morgan fingerprint density at radius 1 is 0.622 bits per heavy atom. The summed E-state index contributed by atoms with van der Waals surface area (Å²) in [5.41, 5.74) is 9.34. The minimum absolute atomic E-state index is 0.411. The lowest BCUT2D eigenvalue weighted by Crippen LogP contribution is -2.36. The van der Waals surface area contributed by atoms with E-state index in [1.54, 1.807) is 0 Å². The number of nitrogens with one attached hydrogen (secondary N) is 2. The molecule has 2 N–H and O–H groups in total. The molecule has 3 heterocycles. The molecule has 0 aliphatic carbocycles. The molecule has 9 rings (SSSR count). The zero-order valence-corrected chi connectivity index (χ0v) is 24.4. The molecule has 45 heavy (non-hydrogen) atoms. The van der Waals surface area contributed by atoms with Crippen LogP contribution in [0.15, 0.2) is 148 Å². The molecule has 0 fully saturated rings. The molecule has 1 atom stereocenters. The van der Waals surface area contributed by atoms with Crippen LogP contribution in [0.4, 0.5) is 5.69 Å². The second kappa shape index (κ2) is 10.4. The number of nitrogens with zero attached hydrogens (tertiary/aromatic N) is 2. The number of anilines is 1. The third-order valence-corrected chi connectivity index (χ3v) is 8.73. The van der Waals surface area contributed by atoms with Gasteiger partial charge in [-0.2, -0.15) is 0 Å². The van der Waals surface area contributed by atoms with Crippen molar-refractivity contribution in [1.82, 2.24) is 5.32 Å². The van der Waals surface area contributed by atoms with Crippen LogP contribution in [0.5, 0.6) is 0 Å². The number of hydrogen-bond acceptors (Lipinski definition) is 5. The van der Waals surface area contributed by atoms with Gasteiger partial charge in [0.05, 0.1) is 0 Å². The summed E-state index contributed by atoms with van der Waals surface area (Å²) in [4.78, 5) is 10.3. The van der Waals surface area contributed by atoms with Gasteiger partial charge in [0, 0.05) is 40.2 Å². The zero-order chi connectivity index (χ0) is 29.7. The van der Waals surface area contributed by atoms with Crippen molar-refractivity contribution < 1.29 is 4.42 Å². The van der Waals surface area contributed by atoms with Crippen molar-refractivity contribution in [2.45, 2.75) is 6.17 Å². The number of aliphatic imine (C=N–C) groups is 2. The monoisotopic (exact) mass is 580 g/mol. The Kier molecular flexibility index (Phi) is 5.88. The smallest absolute Gasteiger partial charge is 0.169 e. The second-order valence-corrected chi connectivity index (χ2v) is 11.5. The summed E-state index contributed by atoms with van der Waals surface area (Å²) in [6.07, 6.45) is 3.90. The van der Waals surface area contributed by atoms with E-state index in [9.17, 15) is 0 Å². The molecular formula is C40H28N4O. The largest absolute Gasteiger partial charge is 0.456 e. The van der Waals surface area contributed by atoms with Crippen LogP contribution in [-0.4, -0.2) is 18.2 Å². The van der Waals surface area contributed by atoms with Crippen molar-refractivity contribution in [2.75, 3.05) is 11.9 Å². The third kappa shape index (κ3) is 4.40. The second-order valence-electron chi connectivity index (χ2n) is 11.5. The van der Waals surface area contributed by atoms with Crippen LogP contribution in [0.25, 0.3) is 49.9 Å². The van der Waals surface area contributed by atoms with Crippen LogP contribution in [-0.2, 0) is 0 Å². The van der Waals surface area contributed by atoms with Gasteiger partial charge in [-0.1, -0.05) is 121 Å². The predicted molar refractivity (Wildman–Crippen MR) is 186 cm³/mol. The Morgan fingerprint density at radius 2 is 1.40 bits per heavy atom. The molecule has 2 aliphatic heterocycles. The summed E-state index contributed by atoms with van der Waals surface area (Å²) < 4.78 is 6.38. The highest BCUT2D eigenvalue weighted by atomic mass is 16.3. The van der Waals surface area contributed by atoms with Gasteiger partial charge in [-0.25, -0.2) is 9.98 Å². The number of rotatable bonds is 4. The Hall–Kier alpha value is -5.94. The molecule has 5 nitrogen and oxygen atoms in total. The summed E-state index contributed by atoms with van der Waals surface area (Å²) in [6, 6.07) is 44.4. The van der Waals surface area contributed by atoms with E-state index >= 15 is 0 Å². The highest BCUT2D eigenvalue weighted by Crippen LogP contribution is 2.37. The van der Waals surface area contributed by atoms with Gasteiger partial charge >= 0.3 is 0 Å². The third-order valence-electron chi connectivity index (χ3n) is 8.73. The van der Waals surface area contributed by atoms with E-state index in [2.05, 4.69) is 120 Å². The molecule has 6 aromatic carbocycles. The van der Waals surface area contributed by atoms with Crippen LogP contribution in [0.2, 0.25) is 0 Å². The molecule has 214 valence electrons. The van der Waals surface area contributed by atoms with Crippen LogP contribution < -0.4 is 10.6 Å². The van der Waals surface area contributed by atoms with Crippen molar-refractivity contribution in [3.8, 4) is 11.1 Å². The first-order valence-corrected chi connectivity index (χ1v) is 15.2. The summed E-state index contributed by atoms with van der Waals surface area (Å²) in [5, 5.41) is 11.6. The summed E-state index contributed by atoms with van der Waals surface area (Å²) in [7, 11) is 0. The van der Waals surface area contributed by atoms with E-state index in [1.807, 2.05) is 30.3 Å². The number of hydrogen-bond donors (Lipinski definition) is 2. The van der Waals surface area contributed by atoms with E-state index in [0.29, 0.717) is 0 Å². The average molecular weight is 581 g/mol. The van der Waals surface area contributed by atoms with E-state index in [1.165, 1.54) is 21.9 Å². The highest BCUT2D eigenvalue weighted by Gasteiger charge is 2.24. The highest BCUT2D eigenvalue weighted by molar-refractivity contribution is 6.23. The van der Waals surface area contributed by atoms with E-state index in [4.69, 9.17) is 14.4 Å². The maximum Gasteiger partial charge on any atom is 0.169 e. The normalized spacial score (nSPS) is 15.8. The van der Waals surface area contributed by atoms with E-state index < -0.39 is 6.17 Å². The van der Waals surface area contributed by atoms with Crippen LogP contribution >= 0.6 is 0 Å². The molecule has 1 unspecified atom stereocenters. The molecule has 7 aromatic rings. The van der Waals surface area contributed by atoms with Crippen molar-refractivity contribution in [3.05, 3.63) is 156 Å². The summed E-state index contributed by atoms with van der Waals surface area (Å²) in [6.45, 7) is 0.816. The Morgan fingerprint density at radius 3 is 2.31 bits per heavy atom. The standard InChI is InChI=1S/C40H28N4O/c1-2-10-27(11-3-1)38-42-39(28-20-18-26(19-21-28)31-15-6-12-25-9-4-5-14-30(25)31)44-40(43-38)32-16-7-17-35-37(32)33-23-29-13-8-22-41-34(29)24-36(33)45-35/h1-21,23-24,39,41H,22H2,(H,42,43,44). The topological polar surface area (TPSA) is 61.9 Å². The quantitative estimate of drug-likeness (QED) is 0.218. The molecule has 2 aliphatic rings. The Bertz CT molecular complexity index is 2340. The maximum atomic E-state index is 6.38. The zero-order valence-electron chi connectivity index (χ0n) is 24.4. The van der Waals surface area contributed by atoms with Gasteiger partial charge in [-0.05, 0) is 45.2 Å². The fraction of sp³-hybridized carbons (Fsp3) is 0.0500. The first kappa shape index (κ1) is 25.5. The lowest BCUT2D eigenvalue weighted by molar-refractivity contribution is 0.669. The molecule has 0 saturated heterocycles. The molecule has 0 bridgehead atoms. The molecule has 1 aromatic heterocycles. The van der Waals surface area contributed by atoms with Crippen molar-refractivity contribution in [1.29, 1.82) is 0 Å². The fourth-order valence-electron chi connectivity index (χ4n) is 6.52. The lowest BCUT2D eigenvalue weighted by Gasteiger charge is -2.23. The Labute approximate surface area is 260 Å². The molecular weight excluding hydrogens is 552 g/mol.